The van der Waals surface area contributed by atoms with Gasteiger partial charge in [-0.25, -0.2) is 28.6 Å². The number of nitrogen functional groups attached to an aromatic ring is 1. The summed E-state index contributed by atoms with van der Waals surface area (Å²) < 4.78 is 53.8. The van der Waals surface area contributed by atoms with Crippen LogP contribution in [0, 0.1) is 0 Å². The van der Waals surface area contributed by atoms with Gasteiger partial charge in [0, 0.05) is 6.42 Å². The number of phosphoric acid groups is 3. The van der Waals surface area contributed by atoms with Gasteiger partial charge in [-0.15, -0.1) is 0 Å². The number of phosphoric ester groups is 1. The van der Waals surface area contributed by atoms with Crippen molar-refractivity contribution in [1.82, 2.24) is 19.5 Å². The number of nitrogens with two attached hydrogens (primary N) is 1. The van der Waals surface area contributed by atoms with E-state index in [-0.39, 0.29) is 29.2 Å². The number of hydrogen-bond acceptors (Lipinski definition) is 12. The molecule has 6 atom stereocenters. The maximum Gasteiger partial charge on any atom is 0.490 e. The molecule has 4 heterocycles. The first kappa shape index (κ1) is 21.9. The molecule has 2 aromatic heterocycles. The highest BCUT2D eigenvalue weighted by atomic mass is 31.3. The number of hydrogen-bond donors (Lipinski definition) is 6. The Hall–Kier alpha value is -1.32. The third-order valence-electron chi connectivity index (χ3n) is 4.17. The van der Waals surface area contributed by atoms with Gasteiger partial charge in [-0.2, -0.15) is 8.62 Å². The van der Waals surface area contributed by atoms with Crippen molar-refractivity contribution in [3.8, 4) is 0 Å². The normalized spacial score (nSPS) is 30.0. The van der Waals surface area contributed by atoms with Gasteiger partial charge in [0.2, 0.25) is 0 Å². The molecule has 17 nitrogen and oxygen atoms in total. The number of rotatable bonds is 6. The van der Waals surface area contributed by atoms with E-state index in [9.17, 15) is 28.6 Å². The predicted octanol–water partition coefficient (Wildman–Crippen LogP) is -0.545. The van der Waals surface area contributed by atoms with Crippen molar-refractivity contribution in [2.45, 2.75) is 31.0 Å². The highest BCUT2D eigenvalue weighted by molar-refractivity contribution is 7.66. The predicted molar refractivity (Wildman–Crippen MR) is 92.0 cm³/mol. The van der Waals surface area contributed by atoms with Gasteiger partial charge in [0.25, 0.3) is 0 Å². The fraction of sp³-hybridized carbons (Fsp3) is 0.500. The number of ether oxygens (including phenoxy) is 1. The molecular weight excluding hydrogens is 475 g/mol. The summed E-state index contributed by atoms with van der Waals surface area (Å²) in [7, 11) is -16.8. The van der Waals surface area contributed by atoms with Crippen LogP contribution in [0.1, 0.15) is 24.6 Å². The van der Waals surface area contributed by atoms with Gasteiger partial charge in [0.1, 0.15) is 24.5 Å². The van der Waals surface area contributed by atoms with E-state index in [0.29, 0.717) is 0 Å². The molecule has 2 aliphatic heterocycles. The van der Waals surface area contributed by atoms with E-state index in [2.05, 4.69) is 23.6 Å². The first-order valence-corrected chi connectivity index (χ1v) is 12.4. The first-order valence-electron chi connectivity index (χ1n) is 7.90. The Bertz CT molecular complexity index is 1150. The Morgan fingerprint density at radius 2 is 1.83 bits per heavy atom. The molecule has 3 unspecified atom stereocenters. The molecule has 0 aromatic carbocycles. The standard InChI is InChI=1S/C10H14N5O12P3/c11-8-5-9(13-2-12-8)15-4-1-3(16)6(24-4)7(10(15)14-5)25-29(20,21)27-30(22,23)26-28(17,18)19/h2-4,6-7,16H,1H2,(H,20,21)(H,22,23)(H2,11,12,13)(H2,17,18,19)/t3-,4+,6-,7?/m0/s1. The number of aromatic nitrogens is 4. The van der Waals surface area contributed by atoms with Crippen LogP contribution >= 0.6 is 23.5 Å². The number of nitrogens with zero attached hydrogens (tertiary/aromatic N) is 4. The van der Waals surface area contributed by atoms with Crippen LogP contribution in [0.2, 0.25) is 0 Å². The van der Waals surface area contributed by atoms with E-state index in [1.165, 1.54) is 4.57 Å². The van der Waals surface area contributed by atoms with Gasteiger partial charge in [0.15, 0.2) is 23.1 Å². The van der Waals surface area contributed by atoms with Crippen LogP contribution < -0.4 is 5.73 Å². The van der Waals surface area contributed by atoms with Gasteiger partial charge < -0.3 is 35.2 Å². The number of anilines is 1. The van der Waals surface area contributed by atoms with Crippen molar-refractivity contribution >= 4 is 40.4 Å². The van der Waals surface area contributed by atoms with Crippen molar-refractivity contribution in [3.63, 3.8) is 0 Å². The SMILES string of the molecule is Nc1ncnc2c1nc1n2[C@H]2C[C@H](O)[C@H](O2)C1OP(=O)(O)OP(=O)(O)OP(=O)(O)O. The third kappa shape index (κ3) is 4.08. The average molecular weight is 489 g/mol. The lowest BCUT2D eigenvalue weighted by molar-refractivity contribution is -0.107. The molecule has 0 saturated carbocycles. The van der Waals surface area contributed by atoms with E-state index < -0.39 is 48.0 Å². The van der Waals surface area contributed by atoms with Crippen molar-refractivity contribution in [2.24, 2.45) is 0 Å². The van der Waals surface area contributed by atoms with E-state index in [1.54, 1.807) is 0 Å². The molecular formula is C10H14N5O12P3. The van der Waals surface area contributed by atoms with Crippen LogP contribution in [0.15, 0.2) is 6.33 Å². The summed E-state index contributed by atoms with van der Waals surface area (Å²) in [6, 6.07) is 0. The van der Waals surface area contributed by atoms with E-state index in [0.717, 1.165) is 6.33 Å². The summed E-state index contributed by atoms with van der Waals surface area (Å²) in [5.74, 6) is -0.0908. The second-order valence-corrected chi connectivity index (χ2v) is 10.6. The smallest absolute Gasteiger partial charge is 0.390 e. The number of imidazole rings is 1. The molecule has 1 fully saturated rings. The Labute approximate surface area is 165 Å². The molecule has 7 N–H and O–H groups in total. The fourth-order valence-corrected chi connectivity index (χ4v) is 6.39. The Morgan fingerprint density at radius 3 is 2.50 bits per heavy atom. The fourth-order valence-electron chi connectivity index (χ4n) is 3.23. The van der Waals surface area contributed by atoms with Crippen LogP contribution in [0.4, 0.5) is 5.82 Å². The van der Waals surface area contributed by atoms with Crippen molar-refractivity contribution in [2.75, 3.05) is 5.73 Å². The lowest BCUT2D eigenvalue weighted by atomic mass is 10.1. The number of fused-ring (bicyclic) bond motifs is 6. The largest absolute Gasteiger partial charge is 0.490 e. The Morgan fingerprint density at radius 1 is 1.13 bits per heavy atom. The third-order valence-corrected chi connectivity index (χ3v) is 7.99. The molecule has 2 aliphatic rings. The Balaban J connectivity index is 1.70. The van der Waals surface area contributed by atoms with Crippen molar-refractivity contribution in [1.29, 1.82) is 0 Å². The van der Waals surface area contributed by atoms with Crippen LogP contribution in [-0.2, 0) is 31.6 Å². The van der Waals surface area contributed by atoms with Gasteiger partial charge in [0.05, 0.1) is 6.10 Å². The molecule has 2 aromatic rings. The van der Waals surface area contributed by atoms with E-state index in [4.69, 9.17) is 24.8 Å². The van der Waals surface area contributed by atoms with E-state index >= 15 is 0 Å². The summed E-state index contributed by atoms with van der Waals surface area (Å²) >= 11 is 0. The highest BCUT2D eigenvalue weighted by Crippen LogP contribution is 2.67. The molecule has 2 bridgehead atoms. The van der Waals surface area contributed by atoms with Gasteiger partial charge in [-0.05, 0) is 0 Å². The summed E-state index contributed by atoms with van der Waals surface area (Å²) in [5.41, 5.74) is 6.05. The summed E-state index contributed by atoms with van der Waals surface area (Å²) in [5, 5.41) is 10.2. The zero-order valence-electron chi connectivity index (χ0n) is 14.4. The van der Waals surface area contributed by atoms with Crippen molar-refractivity contribution in [3.05, 3.63) is 12.2 Å². The molecule has 0 aliphatic carbocycles. The number of aliphatic hydroxyl groups excluding tert-OH is 1. The summed E-state index contributed by atoms with van der Waals surface area (Å²) in [4.78, 5) is 48.4. The lowest BCUT2D eigenvalue weighted by Crippen LogP contribution is -2.34. The molecule has 0 amide bonds. The van der Waals surface area contributed by atoms with Gasteiger partial charge in [-0.3, -0.25) is 9.09 Å². The molecule has 0 spiro atoms. The molecule has 20 heteroatoms. The minimum absolute atomic E-state index is 0.0181. The highest BCUT2D eigenvalue weighted by Gasteiger charge is 2.53. The zero-order valence-corrected chi connectivity index (χ0v) is 17.1. The molecule has 4 rings (SSSR count). The molecule has 30 heavy (non-hydrogen) atoms. The minimum Gasteiger partial charge on any atom is -0.390 e. The van der Waals surface area contributed by atoms with Crippen LogP contribution in [-0.4, -0.2) is 56.4 Å². The van der Waals surface area contributed by atoms with Crippen LogP contribution in [0.5, 0.6) is 0 Å². The van der Waals surface area contributed by atoms with Crippen molar-refractivity contribution < 1.29 is 56.3 Å². The topological polar surface area (TPSA) is 259 Å². The molecule has 166 valence electrons. The quantitative estimate of drug-likeness (QED) is 0.278. The van der Waals surface area contributed by atoms with Gasteiger partial charge >= 0.3 is 23.5 Å². The second-order valence-electron chi connectivity index (χ2n) is 6.25. The van der Waals surface area contributed by atoms with E-state index in [1.807, 2.05) is 0 Å². The monoisotopic (exact) mass is 489 g/mol. The minimum atomic E-state index is -5.73. The summed E-state index contributed by atoms with van der Waals surface area (Å²) in [6.45, 7) is 0. The first-order chi connectivity index (χ1) is 13.8. The average Bonchev–Trinajstić information content (AvgIpc) is 3.08. The maximum atomic E-state index is 12.3. The van der Waals surface area contributed by atoms with Crippen LogP contribution in [0.3, 0.4) is 0 Å². The van der Waals surface area contributed by atoms with Gasteiger partial charge in [-0.1, -0.05) is 0 Å². The maximum absolute atomic E-state index is 12.3. The zero-order chi connectivity index (χ0) is 22.1. The summed E-state index contributed by atoms with van der Waals surface area (Å²) in [6.07, 6.45) is -3.65. The molecule has 0 radical (unpaired) electrons. The Kier molecular flexibility index (Phi) is 5.18. The molecule has 1 saturated heterocycles. The van der Waals surface area contributed by atoms with Crippen LogP contribution in [0.25, 0.3) is 11.2 Å². The lowest BCUT2D eigenvalue weighted by Gasteiger charge is -2.31. The number of aliphatic hydroxyl groups is 1. The second kappa shape index (κ2) is 7.10.